The standard InChI is InChI=1S/C24H23F6NO3/c1-3-31(21(32)14-4-5-14)12-17-11-18(23(25,26)27)6-7-20(17)16-8-15(13(2)22(33)34)9-19(10-16)24(28,29)30/h6-11,13-14H,3-5,12H2,1-2H3,(H,33,34). The van der Waals surface area contributed by atoms with E-state index in [1.807, 2.05) is 0 Å². The van der Waals surface area contributed by atoms with Gasteiger partial charge in [-0.2, -0.15) is 26.3 Å². The molecule has 0 heterocycles. The Balaban J connectivity index is 2.18. The van der Waals surface area contributed by atoms with Gasteiger partial charge in [-0.05, 0) is 73.2 Å². The van der Waals surface area contributed by atoms with E-state index in [1.165, 1.54) is 17.9 Å². The third-order valence-corrected chi connectivity index (χ3v) is 5.88. The van der Waals surface area contributed by atoms with E-state index in [4.69, 9.17) is 0 Å². The van der Waals surface area contributed by atoms with E-state index < -0.39 is 35.4 Å². The van der Waals surface area contributed by atoms with Gasteiger partial charge in [0.05, 0.1) is 17.0 Å². The summed E-state index contributed by atoms with van der Waals surface area (Å²) in [6.45, 7) is 2.90. The van der Waals surface area contributed by atoms with Gasteiger partial charge in [0.2, 0.25) is 5.91 Å². The SMILES string of the molecule is CCN(Cc1cc(C(F)(F)F)ccc1-c1cc(C(C)C(=O)O)cc(C(F)(F)F)c1)C(=O)C1CC1. The van der Waals surface area contributed by atoms with Gasteiger partial charge in [0, 0.05) is 19.0 Å². The predicted octanol–water partition coefficient (Wildman–Crippen LogP) is 6.34. The number of aliphatic carboxylic acids is 1. The minimum absolute atomic E-state index is 0.0268. The predicted molar refractivity (Wildman–Crippen MR) is 112 cm³/mol. The number of carbonyl (C=O) groups excluding carboxylic acids is 1. The maximum absolute atomic E-state index is 13.6. The molecule has 1 fully saturated rings. The number of halogens is 6. The molecule has 0 aromatic heterocycles. The largest absolute Gasteiger partial charge is 0.481 e. The van der Waals surface area contributed by atoms with Crippen molar-refractivity contribution in [3.8, 4) is 11.1 Å². The van der Waals surface area contributed by atoms with Gasteiger partial charge in [0.25, 0.3) is 0 Å². The summed E-state index contributed by atoms with van der Waals surface area (Å²) in [6.07, 6.45) is -8.11. The van der Waals surface area contributed by atoms with E-state index in [0.717, 1.165) is 30.3 Å². The summed E-state index contributed by atoms with van der Waals surface area (Å²) in [5.41, 5.74) is -2.22. The smallest absolute Gasteiger partial charge is 0.416 e. The molecule has 1 atom stereocenters. The molecule has 4 nitrogen and oxygen atoms in total. The first-order valence-electron chi connectivity index (χ1n) is 10.7. The van der Waals surface area contributed by atoms with Crippen LogP contribution < -0.4 is 0 Å². The first-order valence-corrected chi connectivity index (χ1v) is 10.7. The van der Waals surface area contributed by atoms with Gasteiger partial charge >= 0.3 is 18.3 Å². The second kappa shape index (κ2) is 9.31. The van der Waals surface area contributed by atoms with Crippen LogP contribution in [0.1, 0.15) is 54.9 Å². The van der Waals surface area contributed by atoms with E-state index in [-0.39, 0.29) is 47.2 Å². The highest BCUT2D eigenvalue weighted by molar-refractivity contribution is 5.82. The first kappa shape index (κ1) is 25.6. The van der Waals surface area contributed by atoms with Crippen molar-refractivity contribution < 1.29 is 41.0 Å². The van der Waals surface area contributed by atoms with Crippen LogP contribution in [0, 0.1) is 5.92 Å². The van der Waals surface area contributed by atoms with Crippen molar-refractivity contribution in [2.75, 3.05) is 6.54 Å². The molecule has 1 N–H and O–H groups in total. The number of alkyl halides is 6. The lowest BCUT2D eigenvalue weighted by atomic mass is 9.90. The number of nitrogens with zero attached hydrogens (tertiary/aromatic N) is 1. The molecule has 3 rings (SSSR count). The zero-order valence-corrected chi connectivity index (χ0v) is 18.4. The fourth-order valence-electron chi connectivity index (χ4n) is 3.69. The van der Waals surface area contributed by atoms with Crippen LogP contribution >= 0.6 is 0 Å². The highest BCUT2D eigenvalue weighted by Gasteiger charge is 2.36. The van der Waals surface area contributed by atoms with Crippen molar-refractivity contribution in [2.45, 2.75) is 51.5 Å². The van der Waals surface area contributed by atoms with Crippen LogP contribution in [0.4, 0.5) is 26.3 Å². The quantitative estimate of drug-likeness (QED) is 0.464. The van der Waals surface area contributed by atoms with Crippen molar-refractivity contribution in [1.29, 1.82) is 0 Å². The lowest BCUT2D eigenvalue weighted by Crippen LogP contribution is -2.31. The van der Waals surface area contributed by atoms with E-state index in [1.54, 1.807) is 6.92 Å². The third-order valence-electron chi connectivity index (χ3n) is 5.88. The van der Waals surface area contributed by atoms with E-state index >= 15 is 0 Å². The average molecular weight is 487 g/mol. The molecule has 1 unspecified atom stereocenters. The van der Waals surface area contributed by atoms with Crippen LogP contribution in [0.3, 0.4) is 0 Å². The summed E-state index contributed by atoms with van der Waals surface area (Å²) in [7, 11) is 0. The van der Waals surface area contributed by atoms with Gasteiger partial charge in [0.15, 0.2) is 0 Å². The molecular weight excluding hydrogens is 464 g/mol. The van der Waals surface area contributed by atoms with Crippen molar-refractivity contribution >= 4 is 11.9 Å². The maximum Gasteiger partial charge on any atom is 0.416 e. The molecule has 0 bridgehead atoms. The number of hydrogen-bond acceptors (Lipinski definition) is 2. The second-order valence-corrected chi connectivity index (χ2v) is 8.40. The molecule has 1 amide bonds. The fraction of sp³-hybridized carbons (Fsp3) is 0.417. The Bertz CT molecular complexity index is 1090. The molecule has 0 spiro atoms. The zero-order valence-electron chi connectivity index (χ0n) is 18.4. The van der Waals surface area contributed by atoms with Crippen LogP contribution in [0.5, 0.6) is 0 Å². The fourth-order valence-corrected chi connectivity index (χ4v) is 3.69. The summed E-state index contributed by atoms with van der Waals surface area (Å²) < 4.78 is 80.9. The van der Waals surface area contributed by atoms with Crippen LogP contribution in [0.15, 0.2) is 36.4 Å². The minimum atomic E-state index is -4.80. The Morgan fingerprint density at radius 2 is 1.62 bits per heavy atom. The molecule has 0 saturated heterocycles. The van der Waals surface area contributed by atoms with Gasteiger partial charge in [-0.25, -0.2) is 0 Å². The number of hydrogen-bond donors (Lipinski definition) is 1. The molecule has 1 aliphatic rings. The van der Waals surface area contributed by atoms with Crippen LogP contribution in [0.2, 0.25) is 0 Å². The Labute approximate surface area is 192 Å². The van der Waals surface area contributed by atoms with E-state index in [2.05, 4.69) is 0 Å². The Morgan fingerprint density at radius 3 is 2.12 bits per heavy atom. The molecule has 184 valence electrons. The minimum Gasteiger partial charge on any atom is -0.481 e. The monoisotopic (exact) mass is 487 g/mol. The molecular formula is C24H23F6NO3. The second-order valence-electron chi connectivity index (χ2n) is 8.40. The lowest BCUT2D eigenvalue weighted by Gasteiger charge is -2.24. The molecule has 10 heteroatoms. The number of carboxylic acids is 1. The molecule has 2 aromatic carbocycles. The number of amides is 1. The topological polar surface area (TPSA) is 57.6 Å². The van der Waals surface area contributed by atoms with Gasteiger partial charge in [-0.15, -0.1) is 0 Å². The van der Waals surface area contributed by atoms with Crippen molar-refractivity contribution in [2.24, 2.45) is 5.92 Å². The molecule has 0 radical (unpaired) electrons. The van der Waals surface area contributed by atoms with Crippen molar-refractivity contribution in [3.63, 3.8) is 0 Å². The molecule has 1 saturated carbocycles. The highest BCUT2D eigenvalue weighted by atomic mass is 19.4. The van der Waals surface area contributed by atoms with Crippen LogP contribution in [-0.4, -0.2) is 28.4 Å². The molecule has 0 aliphatic heterocycles. The van der Waals surface area contributed by atoms with E-state index in [9.17, 15) is 41.0 Å². The molecule has 34 heavy (non-hydrogen) atoms. The lowest BCUT2D eigenvalue weighted by molar-refractivity contribution is -0.139. The first-order chi connectivity index (χ1) is 15.7. The number of rotatable bonds is 7. The summed E-state index contributed by atoms with van der Waals surface area (Å²) in [4.78, 5) is 25.4. The molecule has 1 aliphatic carbocycles. The Hall–Kier alpha value is -3.04. The van der Waals surface area contributed by atoms with Crippen LogP contribution in [0.25, 0.3) is 11.1 Å². The van der Waals surface area contributed by atoms with Crippen molar-refractivity contribution in [3.05, 3.63) is 58.7 Å². The van der Waals surface area contributed by atoms with Crippen LogP contribution in [-0.2, 0) is 28.5 Å². The maximum atomic E-state index is 13.6. The summed E-state index contributed by atoms with van der Waals surface area (Å²) in [6, 6.07) is 5.40. The number of carbonyl (C=O) groups is 2. The Kier molecular flexibility index (Phi) is 7.00. The van der Waals surface area contributed by atoms with Gasteiger partial charge in [-0.1, -0.05) is 12.1 Å². The van der Waals surface area contributed by atoms with Crippen molar-refractivity contribution in [1.82, 2.24) is 4.90 Å². The Morgan fingerprint density at radius 1 is 1.00 bits per heavy atom. The van der Waals surface area contributed by atoms with Gasteiger partial charge in [0.1, 0.15) is 0 Å². The summed E-state index contributed by atoms with van der Waals surface area (Å²) >= 11 is 0. The summed E-state index contributed by atoms with van der Waals surface area (Å²) in [5.74, 6) is -3.02. The number of carboxylic acid groups (broad SMARTS) is 1. The zero-order chi connectivity index (χ0) is 25.4. The van der Waals surface area contributed by atoms with Gasteiger partial charge in [-0.3, -0.25) is 9.59 Å². The average Bonchev–Trinajstić information content (AvgIpc) is 3.60. The van der Waals surface area contributed by atoms with Gasteiger partial charge < -0.3 is 10.0 Å². The highest BCUT2D eigenvalue weighted by Crippen LogP contribution is 2.39. The third kappa shape index (κ3) is 5.71. The summed E-state index contributed by atoms with van der Waals surface area (Å²) in [5, 5.41) is 9.29. The number of benzene rings is 2. The molecule has 2 aromatic rings. The van der Waals surface area contributed by atoms with E-state index in [0.29, 0.717) is 12.8 Å². The normalized spacial score (nSPS) is 15.2.